The number of sulfonamides is 1. The molecule has 3 rings (SSSR count). The van der Waals surface area contributed by atoms with E-state index in [1.807, 2.05) is 75.4 Å². The van der Waals surface area contributed by atoms with Crippen LogP contribution >= 0.6 is 0 Å². The summed E-state index contributed by atoms with van der Waals surface area (Å²) in [6.07, 6.45) is 2.64. The van der Waals surface area contributed by atoms with Crippen molar-refractivity contribution in [3.63, 3.8) is 0 Å². The topological polar surface area (TPSA) is 96.0 Å². The molecule has 0 aliphatic rings. The number of anilines is 1. The number of methoxy groups -OCH3 is 1. The maximum Gasteiger partial charge on any atom is 0.243 e. The Kier molecular flexibility index (Phi) is 12.0. The number of rotatable bonds is 15. The smallest absolute Gasteiger partial charge is 0.243 e. The molecular weight excluding hydrogens is 550 g/mol. The molecule has 2 atom stereocenters. The zero-order valence-corrected chi connectivity index (χ0v) is 26.1. The summed E-state index contributed by atoms with van der Waals surface area (Å²) >= 11 is 0. The van der Waals surface area contributed by atoms with E-state index in [0.29, 0.717) is 17.9 Å². The average Bonchev–Trinajstić information content (AvgIpc) is 2.97. The van der Waals surface area contributed by atoms with Gasteiger partial charge in [0.15, 0.2) is 0 Å². The Morgan fingerprint density at radius 1 is 0.952 bits per heavy atom. The van der Waals surface area contributed by atoms with Crippen molar-refractivity contribution in [1.29, 1.82) is 0 Å². The molecule has 0 aliphatic heterocycles. The predicted molar refractivity (Wildman–Crippen MR) is 168 cm³/mol. The molecule has 0 saturated heterocycles. The van der Waals surface area contributed by atoms with Gasteiger partial charge in [-0.15, -0.1) is 0 Å². The number of hydrogen-bond acceptors (Lipinski definition) is 5. The standard InChI is InChI=1S/C33H43N3O5S/c1-6-26(3)34-33(38)31(23-27-13-8-7-9-14-27)35(24-28-15-10-12-25(2)22-28)32(37)16-11-21-36(42(5,39)40)29-17-19-30(41-4)20-18-29/h7-10,12-15,17-20,22,26,31H,6,11,16,21,23-24H2,1-5H3,(H,34,38). The van der Waals surface area contributed by atoms with Crippen molar-refractivity contribution >= 4 is 27.5 Å². The summed E-state index contributed by atoms with van der Waals surface area (Å²) in [6, 6.07) is 23.6. The van der Waals surface area contributed by atoms with Gasteiger partial charge >= 0.3 is 0 Å². The van der Waals surface area contributed by atoms with Gasteiger partial charge in [0.1, 0.15) is 11.8 Å². The predicted octanol–water partition coefficient (Wildman–Crippen LogP) is 5.10. The summed E-state index contributed by atoms with van der Waals surface area (Å²) in [5.41, 5.74) is 3.43. The second-order valence-corrected chi connectivity index (χ2v) is 12.6. The van der Waals surface area contributed by atoms with Gasteiger partial charge in [0.25, 0.3) is 0 Å². The SMILES string of the molecule is CCC(C)NC(=O)C(Cc1ccccc1)N(Cc1cccc(C)c1)C(=O)CCCN(c1ccc(OC)cc1)S(C)(=O)=O. The number of aryl methyl sites for hydroxylation is 1. The summed E-state index contributed by atoms with van der Waals surface area (Å²) in [6.45, 7) is 6.33. The first-order valence-corrected chi connectivity index (χ1v) is 16.2. The Hall–Kier alpha value is -3.85. The van der Waals surface area contributed by atoms with Crippen LogP contribution in [0.3, 0.4) is 0 Å². The highest BCUT2D eigenvalue weighted by Crippen LogP contribution is 2.23. The lowest BCUT2D eigenvalue weighted by Gasteiger charge is -2.33. The van der Waals surface area contributed by atoms with Gasteiger partial charge < -0.3 is 15.0 Å². The van der Waals surface area contributed by atoms with E-state index >= 15 is 0 Å². The van der Waals surface area contributed by atoms with Gasteiger partial charge in [0.05, 0.1) is 19.1 Å². The molecule has 9 heteroatoms. The van der Waals surface area contributed by atoms with E-state index in [1.165, 1.54) is 4.31 Å². The summed E-state index contributed by atoms with van der Waals surface area (Å²) in [5.74, 6) is 0.208. The van der Waals surface area contributed by atoms with Crippen molar-refractivity contribution in [2.45, 2.75) is 65.1 Å². The first kappa shape index (κ1) is 32.7. The summed E-state index contributed by atoms with van der Waals surface area (Å²) in [7, 11) is -2.05. The third kappa shape index (κ3) is 9.62. The van der Waals surface area contributed by atoms with Gasteiger partial charge in [0, 0.05) is 32.0 Å². The highest BCUT2D eigenvalue weighted by Gasteiger charge is 2.31. The lowest BCUT2D eigenvalue weighted by molar-refractivity contribution is -0.141. The van der Waals surface area contributed by atoms with E-state index in [-0.39, 0.29) is 43.8 Å². The van der Waals surface area contributed by atoms with Gasteiger partial charge in [-0.25, -0.2) is 8.42 Å². The second-order valence-electron chi connectivity index (χ2n) is 10.7. The van der Waals surface area contributed by atoms with Crippen molar-refractivity contribution in [2.24, 2.45) is 0 Å². The van der Waals surface area contributed by atoms with Gasteiger partial charge in [0.2, 0.25) is 21.8 Å². The number of benzene rings is 3. The molecule has 0 heterocycles. The highest BCUT2D eigenvalue weighted by atomic mass is 32.2. The minimum Gasteiger partial charge on any atom is -0.497 e. The zero-order valence-electron chi connectivity index (χ0n) is 25.2. The maximum absolute atomic E-state index is 13.9. The van der Waals surface area contributed by atoms with Crippen molar-refractivity contribution < 1.29 is 22.7 Å². The van der Waals surface area contributed by atoms with E-state index in [0.717, 1.165) is 29.4 Å². The van der Waals surface area contributed by atoms with Crippen LogP contribution in [0.1, 0.15) is 49.8 Å². The van der Waals surface area contributed by atoms with Gasteiger partial charge in [-0.2, -0.15) is 0 Å². The number of nitrogens with one attached hydrogen (secondary N) is 1. The molecule has 0 spiro atoms. The van der Waals surface area contributed by atoms with Crippen molar-refractivity contribution in [2.75, 3.05) is 24.2 Å². The molecule has 3 aromatic carbocycles. The molecule has 0 radical (unpaired) electrons. The number of hydrogen-bond donors (Lipinski definition) is 1. The first-order valence-electron chi connectivity index (χ1n) is 14.3. The molecule has 1 N–H and O–H groups in total. The van der Waals surface area contributed by atoms with Gasteiger partial charge in [-0.1, -0.05) is 67.1 Å². The zero-order chi connectivity index (χ0) is 30.7. The Morgan fingerprint density at radius 2 is 1.62 bits per heavy atom. The number of carbonyl (C=O) groups excluding carboxylic acids is 2. The second kappa shape index (κ2) is 15.4. The largest absolute Gasteiger partial charge is 0.497 e. The third-order valence-electron chi connectivity index (χ3n) is 7.22. The van der Waals surface area contributed by atoms with E-state index in [9.17, 15) is 18.0 Å². The van der Waals surface area contributed by atoms with E-state index in [1.54, 1.807) is 36.3 Å². The summed E-state index contributed by atoms with van der Waals surface area (Å²) < 4.78 is 31.8. The highest BCUT2D eigenvalue weighted by molar-refractivity contribution is 7.92. The van der Waals surface area contributed by atoms with Crippen LogP contribution in [0.2, 0.25) is 0 Å². The average molecular weight is 594 g/mol. The Balaban J connectivity index is 1.88. The molecule has 8 nitrogen and oxygen atoms in total. The van der Waals surface area contributed by atoms with Crippen LogP contribution in [0, 0.1) is 6.92 Å². The molecule has 3 aromatic rings. The minimum absolute atomic E-state index is 0.0421. The molecular formula is C33H43N3O5S. The van der Waals surface area contributed by atoms with Crippen LogP contribution in [0.5, 0.6) is 5.75 Å². The molecule has 2 amide bonds. The minimum atomic E-state index is -3.59. The van der Waals surface area contributed by atoms with Crippen LogP contribution in [0.15, 0.2) is 78.9 Å². The van der Waals surface area contributed by atoms with Crippen LogP contribution in [-0.2, 0) is 32.6 Å². The molecule has 0 bridgehead atoms. The normalized spacial score (nSPS) is 12.7. The molecule has 2 unspecified atom stereocenters. The van der Waals surface area contributed by atoms with Gasteiger partial charge in [-0.05, 0) is 62.1 Å². The monoisotopic (exact) mass is 593 g/mol. The molecule has 226 valence electrons. The quantitative estimate of drug-likeness (QED) is 0.264. The molecule has 0 fully saturated rings. The molecule has 0 aromatic heterocycles. The lowest BCUT2D eigenvalue weighted by Crippen LogP contribution is -2.52. The van der Waals surface area contributed by atoms with Gasteiger partial charge in [-0.3, -0.25) is 13.9 Å². The fraction of sp³-hybridized carbons (Fsp3) is 0.394. The number of nitrogens with zero attached hydrogens (tertiary/aromatic N) is 2. The molecule has 42 heavy (non-hydrogen) atoms. The fourth-order valence-corrected chi connectivity index (χ4v) is 5.72. The van der Waals surface area contributed by atoms with Crippen LogP contribution in [0.25, 0.3) is 0 Å². The van der Waals surface area contributed by atoms with Crippen molar-refractivity contribution in [3.8, 4) is 5.75 Å². The molecule has 0 aliphatic carbocycles. The fourth-order valence-electron chi connectivity index (χ4n) is 4.75. The van der Waals surface area contributed by atoms with Crippen LogP contribution in [0.4, 0.5) is 5.69 Å². The lowest BCUT2D eigenvalue weighted by atomic mass is 10.0. The van der Waals surface area contributed by atoms with E-state index < -0.39 is 16.1 Å². The number of ether oxygens (including phenoxy) is 1. The van der Waals surface area contributed by atoms with Crippen LogP contribution < -0.4 is 14.4 Å². The van der Waals surface area contributed by atoms with Crippen molar-refractivity contribution in [1.82, 2.24) is 10.2 Å². The van der Waals surface area contributed by atoms with Crippen molar-refractivity contribution in [3.05, 3.63) is 95.6 Å². The third-order valence-corrected chi connectivity index (χ3v) is 8.41. The Labute approximate surface area is 250 Å². The number of carbonyl (C=O) groups is 2. The number of amides is 2. The van der Waals surface area contributed by atoms with Crippen LogP contribution in [-0.4, -0.2) is 57.1 Å². The summed E-state index contributed by atoms with van der Waals surface area (Å²) in [5, 5.41) is 3.08. The first-order chi connectivity index (χ1) is 20.0. The van der Waals surface area contributed by atoms with E-state index in [2.05, 4.69) is 5.32 Å². The Bertz CT molecular complexity index is 1410. The molecule has 0 saturated carbocycles. The Morgan fingerprint density at radius 3 is 2.21 bits per heavy atom. The van der Waals surface area contributed by atoms with E-state index in [4.69, 9.17) is 4.74 Å². The maximum atomic E-state index is 13.9. The summed E-state index contributed by atoms with van der Waals surface area (Å²) in [4.78, 5) is 29.3.